The molecule has 0 bridgehead atoms. The number of alkyl halides is 3. The fourth-order valence-electron chi connectivity index (χ4n) is 5.12. The third kappa shape index (κ3) is 5.96. The van der Waals surface area contributed by atoms with Gasteiger partial charge < -0.3 is 4.74 Å². The van der Waals surface area contributed by atoms with Gasteiger partial charge in [-0.15, -0.1) is 0 Å². The monoisotopic (exact) mass is 544 g/mol. The highest BCUT2D eigenvalue weighted by Crippen LogP contribution is 2.34. The number of piperazine rings is 1. The van der Waals surface area contributed by atoms with Gasteiger partial charge in [-0.1, -0.05) is 30.3 Å². The molecule has 206 valence electrons. The lowest BCUT2D eigenvalue weighted by Crippen LogP contribution is -2.54. The highest BCUT2D eigenvalue weighted by molar-refractivity contribution is 6.24. The van der Waals surface area contributed by atoms with Crippen molar-refractivity contribution in [1.82, 2.24) is 20.0 Å². The molecular weight excluding hydrogens is 517 g/mol. The second-order valence-electron chi connectivity index (χ2n) is 9.90. The first-order valence-electron chi connectivity index (χ1n) is 12.7. The summed E-state index contributed by atoms with van der Waals surface area (Å²) >= 11 is 0. The number of rotatable bonds is 7. The minimum atomic E-state index is -4.18. The number of ether oxygens (including phenoxy) is 1. The van der Waals surface area contributed by atoms with Crippen molar-refractivity contribution in [2.24, 2.45) is 0 Å². The molecule has 2 saturated heterocycles. The van der Waals surface area contributed by atoms with E-state index >= 15 is 0 Å². The number of piperidine rings is 1. The molecule has 3 heterocycles. The van der Waals surface area contributed by atoms with E-state index in [0.29, 0.717) is 32.7 Å². The van der Waals surface area contributed by atoms with Crippen LogP contribution in [0, 0.1) is 0 Å². The standard InChI is InChI=1S/C27H27F3N4O5/c28-27(29,30)16-33-12-10-32(11-13-33)14-17-4-6-18(7-5-17)15-39-21-3-1-2-19-23(21)26(38)34(25(19)37)20-8-9-22(35)31-24(20)36/h1-7,20H,8-16H2,(H,31,35,36). The zero-order valence-corrected chi connectivity index (χ0v) is 21.0. The maximum absolute atomic E-state index is 13.2. The molecule has 1 unspecified atom stereocenters. The van der Waals surface area contributed by atoms with Gasteiger partial charge in [-0.2, -0.15) is 13.2 Å². The number of hydrogen-bond acceptors (Lipinski definition) is 7. The number of halogens is 3. The van der Waals surface area contributed by atoms with Gasteiger partial charge in [-0.3, -0.25) is 39.2 Å². The average molecular weight is 545 g/mol. The summed E-state index contributed by atoms with van der Waals surface area (Å²) in [5, 5.41) is 2.17. The van der Waals surface area contributed by atoms with Crippen LogP contribution in [-0.2, 0) is 22.7 Å². The Hall–Kier alpha value is -3.77. The molecule has 1 N–H and O–H groups in total. The van der Waals surface area contributed by atoms with Gasteiger partial charge >= 0.3 is 6.18 Å². The Balaban J connectivity index is 1.18. The van der Waals surface area contributed by atoms with Crippen LogP contribution in [0.5, 0.6) is 5.75 Å². The summed E-state index contributed by atoms with van der Waals surface area (Å²) in [4.78, 5) is 54.4. The van der Waals surface area contributed by atoms with Crippen LogP contribution in [0.25, 0.3) is 0 Å². The predicted molar refractivity (Wildman–Crippen MR) is 132 cm³/mol. The van der Waals surface area contributed by atoms with Crippen molar-refractivity contribution in [3.8, 4) is 5.75 Å². The number of fused-ring (bicyclic) bond motifs is 1. The Labute approximate surface area is 222 Å². The van der Waals surface area contributed by atoms with E-state index in [1.165, 1.54) is 11.0 Å². The molecule has 2 aromatic carbocycles. The lowest BCUT2D eigenvalue weighted by molar-refractivity contribution is -0.149. The van der Waals surface area contributed by atoms with Crippen molar-refractivity contribution in [2.45, 2.75) is 38.2 Å². The third-order valence-corrected chi connectivity index (χ3v) is 7.12. The molecule has 1 atom stereocenters. The first-order valence-corrected chi connectivity index (χ1v) is 12.7. The normalized spacial score (nSPS) is 20.8. The minimum absolute atomic E-state index is 0.0391. The molecule has 0 saturated carbocycles. The van der Waals surface area contributed by atoms with Gasteiger partial charge in [0.2, 0.25) is 11.8 Å². The van der Waals surface area contributed by atoms with Crippen LogP contribution in [0.2, 0.25) is 0 Å². The van der Waals surface area contributed by atoms with Crippen molar-refractivity contribution in [3.05, 3.63) is 64.7 Å². The molecule has 3 aliphatic rings. The first kappa shape index (κ1) is 26.8. The van der Waals surface area contributed by atoms with Crippen LogP contribution in [0.3, 0.4) is 0 Å². The van der Waals surface area contributed by atoms with Crippen molar-refractivity contribution in [3.63, 3.8) is 0 Å². The summed E-state index contributed by atoms with van der Waals surface area (Å²) in [7, 11) is 0. The van der Waals surface area contributed by atoms with Crippen molar-refractivity contribution in [1.29, 1.82) is 0 Å². The van der Waals surface area contributed by atoms with Gasteiger partial charge in [0.15, 0.2) is 0 Å². The van der Waals surface area contributed by atoms with E-state index < -0.39 is 42.4 Å². The summed E-state index contributed by atoms with van der Waals surface area (Å²) in [6.07, 6.45) is -4.07. The number of nitrogens with zero attached hydrogens (tertiary/aromatic N) is 3. The summed E-state index contributed by atoms with van der Waals surface area (Å²) in [6, 6.07) is 11.2. The molecule has 0 spiro atoms. The second-order valence-corrected chi connectivity index (χ2v) is 9.90. The van der Waals surface area contributed by atoms with Crippen molar-refractivity contribution >= 4 is 23.6 Å². The summed E-state index contributed by atoms with van der Waals surface area (Å²) in [5.74, 6) is -2.12. The molecule has 0 radical (unpaired) electrons. The number of carbonyl (C=O) groups excluding carboxylic acids is 4. The number of benzene rings is 2. The number of imide groups is 2. The summed E-state index contributed by atoms with van der Waals surface area (Å²) < 4.78 is 43.7. The molecular formula is C27H27F3N4O5. The van der Waals surface area contributed by atoms with Gasteiger partial charge in [0.05, 0.1) is 17.7 Å². The Kier molecular flexibility index (Phi) is 7.41. The predicted octanol–water partition coefficient (Wildman–Crippen LogP) is 2.35. The van der Waals surface area contributed by atoms with Gasteiger partial charge in [0, 0.05) is 39.1 Å². The Morgan fingerprint density at radius 2 is 1.54 bits per heavy atom. The fourth-order valence-corrected chi connectivity index (χ4v) is 5.12. The van der Waals surface area contributed by atoms with E-state index in [9.17, 15) is 32.3 Å². The van der Waals surface area contributed by atoms with Crippen LogP contribution in [0.1, 0.15) is 44.7 Å². The SMILES string of the molecule is O=C1CCC(N2C(=O)c3cccc(OCc4ccc(CN5CCN(CC(F)(F)F)CC5)cc4)c3C2=O)C(=O)N1. The molecule has 9 nitrogen and oxygen atoms in total. The summed E-state index contributed by atoms with van der Waals surface area (Å²) in [5.41, 5.74) is 2.08. The minimum Gasteiger partial charge on any atom is -0.488 e. The second kappa shape index (κ2) is 10.8. The molecule has 12 heteroatoms. The quantitative estimate of drug-likeness (QED) is 0.535. The highest BCUT2D eigenvalue weighted by Gasteiger charge is 2.46. The zero-order chi connectivity index (χ0) is 27.7. The van der Waals surface area contributed by atoms with E-state index in [-0.39, 0.29) is 36.3 Å². The van der Waals surface area contributed by atoms with Gasteiger partial charge in [-0.25, -0.2) is 0 Å². The maximum atomic E-state index is 13.2. The van der Waals surface area contributed by atoms with Crippen LogP contribution in [-0.4, -0.2) is 83.3 Å². The zero-order valence-electron chi connectivity index (χ0n) is 21.0. The van der Waals surface area contributed by atoms with Crippen LogP contribution < -0.4 is 10.1 Å². The van der Waals surface area contributed by atoms with Gasteiger partial charge in [0.25, 0.3) is 11.8 Å². The Morgan fingerprint density at radius 3 is 2.21 bits per heavy atom. The fraction of sp³-hybridized carbons (Fsp3) is 0.407. The molecule has 0 aromatic heterocycles. The molecule has 2 aromatic rings. The molecule has 3 aliphatic heterocycles. The molecule has 2 fully saturated rings. The summed E-state index contributed by atoms with van der Waals surface area (Å²) in [6.45, 7) is 1.73. The molecule has 39 heavy (non-hydrogen) atoms. The molecule has 4 amide bonds. The van der Waals surface area contributed by atoms with Gasteiger partial charge in [-0.05, 0) is 29.7 Å². The van der Waals surface area contributed by atoms with Crippen LogP contribution >= 0.6 is 0 Å². The van der Waals surface area contributed by atoms with E-state index in [4.69, 9.17) is 4.74 Å². The van der Waals surface area contributed by atoms with E-state index in [1.807, 2.05) is 24.3 Å². The Bertz CT molecular complexity index is 1290. The topological polar surface area (TPSA) is 99.3 Å². The molecule has 5 rings (SSSR count). The van der Waals surface area contributed by atoms with E-state index in [1.54, 1.807) is 12.1 Å². The van der Waals surface area contributed by atoms with Crippen LogP contribution in [0.4, 0.5) is 13.2 Å². The lowest BCUT2D eigenvalue weighted by Gasteiger charge is -2.35. The number of amides is 4. The average Bonchev–Trinajstić information content (AvgIpc) is 3.14. The maximum Gasteiger partial charge on any atom is 0.401 e. The highest BCUT2D eigenvalue weighted by atomic mass is 19.4. The first-order chi connectivity index (χ1) is 18.6. The third-order valence-electron chi connectivity index (χ3n) is 7.12. The van der Waals surface area contributed by atoms with Gasteiger partial charge in [0.1, 0.15) is 18.4 Å². The van der Waals surface area contributed by atoms with Crippen LogP contribution in [0.15, 0.2) is 42.5 Å². The number of nitrogens with one attached hydrogen (secondary N) is 1. The lowest BCUT2D eigenvalue weighted by atomic mass is 10.0. The molecule has 0 aliphatic carbocycles. The van der Waals surface area contributed by atoms with Crippen molar-refractivity contribution in [2.75, 3.05) is 32.7 Å². The van der Waals surface area contributed by atoms with E-state index in [2.05, 4.69) is 10.2 Å². The van der Waals surface area contributed by atoms with E-state index in [0.717, 1.165) is 16.0 Å². The number of hydrogen-bond donors (Lipinski definition) is 1. The smallest absolute Gasteiger partial charge is 0.401 e. The Morgan fingerprint density at radius 1 is 0.872 bits per heavy atom. The largest absolute Gasteiger partial charge is 0.488 e. The van der Waals surface area contributed by atoms with Crippen molar-refractivity contribution < 1.29 is 37.1 Å². The number of carbonyl (C=O) groups is 4.